The Morgan fingerprint density at radius 1 is 1.10 bits per heavy atom. The molecule has 3 N–H and O–H groups in total. The van der Waals surface area contributed by atoms with Crippen LogP contribution in [0.25, 0.3) is 0 Å². The summed E-state index contributed by atoms with van der Waals surface area (Å²) in [5.41, 5.74) is 8.68. The van der Waals surface area contributed by atoms with Gasteiger partial charge < -0.3 is 11.1 Å². The Kier molecular flexibility index (Phi) is 2.86. The highest BCUT2D eigenvalue weighted by molar-refractivity contribution is 6.21. The second-order valence-corrected chi connectivity index (χ2v) is 4.95. The molecular formula is C15H14N4O2. The lowest BCUT2D eigenvalue weighted by molar-refractivity contribution is 0.0693. The number of anilines is 3. The number of pyridine rings is 1. The van der Waals surface area contributed by atoms with Crippen LogP contribution in [0.4, 0.5) is 17.2 Å². The van der Waals surface area contributed by atoms with E-state index in [9.17, 15) is 9.59 Å². The monoisotopic (exact) mass is 282 g/mol. The molecule has 1 aromatic heterocycles. The number of carbonyl (C=O) groups excluding carboxylic acids is 2. The Bertz CT molecular complexity index is 770. The van der Waals surface area contributed by atoms with E-state index in [1.165, 1.54) is 7.05 Å². The van der Waals surface area contributed by atoms with Crippen molar-refractivity contribution < 1.29 is 9.59 Å². The topological polar surface area (TPSA) is 88.3 Å². The molecule has 0 fully saturated rings. The lowest BCUT2D eigenvalue weighted by Gasteiger charge is -2.09. The molecule has 1 aromatic carbocycles. The van der Waals surface area contributed by atoms with Crippen LogP contribution in [0.1, 0.15) is 26.4 Å². The van der Waals surface area contributed by atoms with Gasteiger partial charge in [-0.25, -0.2) is 4.98 Å². The third-order valence-electron chi connectivity index (χ3n) is 3.42. The molecule has 0 aliphatic carbocycles. The number of rotatable bonds is 2. The van der Waals surface area contributed by atoms with Crippen molar-refractivity contribution in [3.05, 3.63) is 47.2 Å². The summed E-state index contributed by atoms with van der Waals surface area (Å²) < 4.78 is 0. The van der Waals surface area contributed by atoms with Gasteiger partial charge in [-0.05, 0) is 37.3 Å². The van der Waals surface area contributed by atoms with Crippen LogP contribution in [0.15, 0.2) is 30.3 Å². The van der Waals surface area contributed by atoms with Gasteiger partial charge in [0.15, 0.2) is 5.82 Å². The summed E-state index contributed by atoms with van der Waals surface area (Å²) in [5.74, 6) is -0.0568. The van der Waals surface area contributed by atoms with Crippen LogP contribution >= 0.6 is 0 Å². The molecule has 2 heterocycles. The summed E-state index contributed by atoms with van der Waals surface area (Å²) in [6.45, 7) is 1.87. The zero-order valence-corrected chi connectivity index (χ0v) is 11.7. The molecule has 0 spiro atoms. The number of amides is 2. The van der Waals surface area contributed by atoms with Crippen molar-refractivity contribution >= 4 is 29.0 Å². The lowest BCUT2D eigenvalue weighted by Crippen LogP contribution is -2.24. The number of nitrogen functional groups attached to an aromatic ring is 1. The van der Waals surface area contributed by atoms with E-state index in [0.717, 1.165) is 10.6 Å². The molecule has 2 amide bonds. The predicted molar refractivity (Wildman–Crippen MR) is 79.5 cm³/mol. The quantitative estimate of drug-likeness (QED) is 0.822. The number of carbonyl (C=O) groups is 2. The van der Waals surface area contributed by atoms with Gasteiger partial charge in [-0.15, -0.1) is 0 Å². The first kappa shape index (κ1) is 13.1. The van der Waals surface area contributed by atoms with E-state index in [4.69, 9.17) is 5.73 Å². The first-order valence-electron chi connectivity index (χ1n) is 6.44. The number of nitrogens with one attached hydrogen (secondary N) is 1. The highest BCUT2D eigenvalue weighted by atomic mass is 16.2. The molecule has 6 heteroatoms. The number of aromatic nitrogens is 1. The number of nitrogens with zero attached hydrogens (tertiary/aromatic N) is 2. The van der Waals surface area contributed by atoms with Gasteiger partial charge in [0.2, 0.25) is 0 Å². The molecule has 1 aliphatic rings. The van der Waals surface area contributed by atoms with Crippen LogP contribution in [-0.4, -0.2) is 28.7 Å². The van der Waals surface area contributed by atoms with Gasteiger partial charge in [-0.1, -0.05) is 0 Å². The highest BCUT2D eigenvalue weighted by Gasteiger charge is 2.32. The van der Waals surface area contributed by atoms with Gasteiger partial charge in [-0.3, -0.25) is 14.5 Å². The standard InChI is InChI=1S/C15H14N4O2/c1-8-3-6-12(16)13(17-8)18-9-4-5-10-11(7-9)15(21)19(2)14(10)20/h3-7H,16H2,1-2H3,(H,17,18). The van der Waals surface area contributed by atoms with Crippen molar-refractivity contribution in [1.29, 1.82) is 0 Å². The fourth-order valence-corrected chi connectivity index (χ4v) is 2.24. The minimum absolute atomic E-state index is 0.283. The average molecular weight is 282 g/mol. The van der Waals surface area contributed by atoms with Gasteiger partial charge in [0.05, 0.1) is 16.8 Å². The lowest BCUT2D eigenvalue weighted by atomic mass is 10.1. The second-order valence-electron chi connectivity index (χ2n) is 4.95. The zero-order chi connectivity index (χ0) is 15.1. The fourth-order valence-electron chi connectivity index (χ4n) is 2.24. The maximum Gasteiger partial charge on any atom is 0.261 e. The second kappa shape index (κ2) is 4.59. The molecular weight excluding hydrogens is 268 g/mol. The van der Waals surface area contributed by atoms with Gasteiger partial charge >= 0.3 is 0 Å². The Morgan fingerprint density at radius 3 is 2.57 bits per heavy atom. The predicted octanol–water partition coefficient (Wildman–Crippen LogP) is 1.94. The number of nitrogens with two attached hydrogens (primary N) is 1. The zero-order valence-electron chi connectivity index (χ0n) is 11.7. The molecule has 0 unspecified atom stereocenters. The van der Waals surface area contributed by atoms with Crippen LogP contribution in [0.2, 0.25) is 0 Å². The van der Waals surface area contributed by atoms with Crippen LogP contribution in [-0.2, 0) is 0 Å². The Hall–Kier alpha value is -2.89. The molecule has 2 aromatic rings. The van der Waals surface area contributed by atoms with E-state index in [-0.39, 0.29) is 11.8 Å². The van der Waals surface area contributed by atoms with Crippen LogP contribution < -0.4 is 11.1 Å². The van der Waals surface area contributed by atoms with Crippen molar-refractivity contribution in [1.82, 2.24) is 9.88 Å². The molecule has 0 bridgehead atoms. The Balaban J connectivity index is 1.97. The number of fused-ring (bicyclic) bond motifs is 1. The van der Waals surface area contributed by atoms with E-state index in [1.807, 2.05) is 13.0 Å². The molecule has 0 saturated heterocycles. The smallest absolute Gasteiger partial charge is 0.261 e. The van der Waals surface area contributed by atoms with E-state index >= 15 is 0 Å². The van der Waals surface area contributed by atoms with Crippen molar-refractivity contribution in [3.63, 3.8) is 0 Å². The SMILES string of the molecule is Cc1ccc(N)c(Nc2ccc3c(c2)C(=O)N(C)C3=O)n1. The van der Waals surface area contributed by atoms with Gasteiger partial charge in [0, 0.05) is 18.4 Å². The van der Waals surface area contributed by atoms with Crippen molar-refractivity contribution in [2.75, 3.05) is 18.1 Å². The summed E-state index contributed by atoms with van der Waals surface area (Å²) in [4.78, 5) is 29.2. The number of hydrogen-bond acceptors (Lipinski definition) is 5. The molecule has 106 valence electrons. The number of benzene rings is 1. The highest BCUT2D eigenvalue weighted by Crippen LogP contribution is 2.27. The average Bonchev–Trinajstić information content (AvgIpc) is 2.68. The molecule has 21 heavy (non-hydrogen) atoms. The van der Waals surface area contributed by atoms with E-state index in [2.05, 4.69) is 10.3 Å². The summed E-state index contributed by atoms with van der Waals surface area (Å²) >= 11 is 0. The molecule has 1 aliphatic heterocycles. The van der Waals surface area contributed by atoms with Crippen molar-refractivity contribution in [2.45, 2.75) is 6.92 Å². The molecule has 0 radical (unpaired) electrons. The summed E-state index contributed by atoms with van der Waals surface area (Å²) in [5, 5.41) is 3.07. The third kappa shape index (κ3) is 2.10. The first-order chi connectivity index (χ1) is 9.97. The fraction of sp³-hybridized carbons (Fsp3) is 0.133. The van der Waals surface area contributed by atoms with Crippen molar-refractivity contribution in [2.24, 2.45) is 0 Å². The summed E-state index contributed by atoms with van der Waals surface area (Å²) in [6, 6.07) is 8.59. The van der Waals surface area contributed by atoms with Crippen molar-refractivity contribution in [3.8, 4) is 0 Å². The van der Waals surface area contributed by atoms with Crippen LogP contribution in [0.5, 0.6) is 0 Å². The van der Waals surface area contributed by atoms with E-state index in [0.29, 0.717) is 28.3 Å². The summed E-state index contributed by atoms with van der Waals surface area (Å²) in [6.07, 6.45) is 0. The minimum Gasteiger partial charge on any atom is -0.396 e. The Labute approximate surface area is 121 Å². The normalized spacial score (nSPS) is 13.5. The molecule has 3 rings (SSSR count). The van der Waals surface area contributed by atoms with Gasteiger partial charge in [-0.2, -0.15) is 0 Å². The molecule has 6 nitrogen and oxygen atoms in total. The molecule has 0 atom stereocenters. The number of aryl methyl sites for hydroxylation is 1. The summed E-state index contributed by atoms with van der Waals surface area (Å²) in [7, 11) is 1.47. The van der Waals surface area contributed by atoms with E-state index < -0.39 is 0 Å². The van der Waals surface area contributed by atoms with Gasteiger partial charge in [0.1, 0.15) is 0 Å². The van der Waals surface area contributed by atoms with Crippen LogP contribution in [0.3, 0.4) is 0 Å². The van der Waals surface area contributed by atoms with Crippen LogP contribution in [0, 0.1) is 6.92 Å². The largest absolute Gasteiger partial charge is 0.396 e. The molecule has 0 saturated carbocycles. The Morgan fingerprint density at radius 2 is 1.81 bits per heavy atom. The number of imide groups is 1. The first-order valence-corrected chi connectivity index (χ1v) is 6.44. The van der Waals surface area contributed by atoms with Gasteiger partial charge in [0.25, 0.3) is 11.8 Å². The maximum atomic E-state index is 12.0. The van der Waals surface area contributed by atoms with E-state index in [1.54, 1.807) is 24.3 Å². The third-order valence-corrected chi connectivity index (χ3v) is 3.42. The minimum atomic E-state index is -0.302. The maximum absolute atomic E-state index is 12.0. The number of hydrogen-bond donors (Lipinski definition) is 2.